The number of fused-ring (bicyclic) bond motifs is 1. The molecule has 3 aromatic carbocycles. The fraction of sp³-hybridized carbons (Fsp3) is 0.136. The van der Waals surface area contributed by atoms with Crippen LogP contribution in [0.15, 0.2) is 59.5 Å². The number of aromatic amines is 1. The summed E-state index contributed by atoms with van der Waals surface area (Å²) in [4.78, 5) is 8.92. The molecule has 0 aliphatic heterocycles. The second-order valence-electron chi connectivity index (χ2n) is 6.70. The van der Waals surface area contributed by atoms with E-state index in [-0.39, 0.29) is 26.9 Å². The molecule has 0 fully saturated rings. The molecule has 1 aromatic heterocycles. The van der Waals surface area contributed by atoms with E-state index in [4.69, 9.17) is 23.2 Å². The summed E-state index contributed by atoms with van der Waals surface area (Å²) in [6.45, 7) is 0. The maximum absolute atomic E-state index is 12.8. The topological polar surface area (TPSA) is 37.9 Å². The molecule has 0 unspecified atom stereocenters. The predicted molar refractivity (Wildman–Crippen MR) is 119 cm³/mol. The average Bonchev–Trinajstić information content (AvgIpc) is 3.11. The van der Waals surface area contributed by atoms with Crippen molar-refractivity contribution in [3.8, 4) is 16.9 Å². The number of para-hydroxylation sites is 1. The van der Waals surface area contributed by atoms with Crippen LogP contribution < -0.4 is 4.74 Å². The van der Waals surface area contributed by atoms with Gasteiger partial charge in [0.25, 0.3) is 0 Å². The quantitative estimate of drug-likeness (QED) is 0.295. The van der Waals surface area contributed by atoms with Crippen LogP contribution in [0.25, 0.3) is 22.2 Å². The summed E-state index contributed by atoms with van der Waals surface area (Å²) in [6.07, 6.45) is -2.29. The van der Waals surface area contributed by atoms with Crippen molar-refractivity contribution in [2.45, 2.75) is 17.7 Å². The van der Waals surface area contributed by atoms with Crippen molar-refractivity contribution in [2.75, 3.05) is 6.26 Å². The third-order valence-electron chi connectivity index (χ3n) is 4.63. The lowest BCUT2D eigenvalue weighted by Gasteiger charge is -2.15. The molecule has 0 atom stereocenters. The first-order valence-electron chi connectivity index (χ1n) is 9.10. The number of thioether (sulfide) groups is 1. The van der Waals surface area contributed by atoms with E-state index < -0.39 is 6.36 Å². The highest BCUT2D eigenvalue weighted by Gasteiger charge is 2.32. The van der Waals surface area contributed by atoms with Crippen molar-refractivity contribution in [3.05, 3.63) is 76.0 Å². The normalized spacial score (nSPS) is 11.8. The number of ether oxygens (including phenoxy) is 1. The Kier molecular flexibility index (Phi) is 6.10. The molecule has 0 aliphatic rings. The second-order valence-corrected chi connectivity index (χ2v) is 8.36. The Morgan fingerprint density at radius 3 is 2.45 bits per heavy atom. The molecule has 0 saturated carbocycles. The number of benzene rings is 3. The van der Waals surface area contributed by atoms with Crippen LogP contribution >= 0.6 is 35.0 Å². The molecule has 31 heavy (non-hydrogen) atoms. The first-order chi connectivity index (χ1) is 14.7. The van der Waals surface area contributed by atoms with Gasteiger partial charge < -0.3 is 9.72 Å². The Hall–Kier alpha value is -2.35. The SMILES string of the molecule is CSc1ccc(Cc2nc3c(Cl)c(-c4ccccc4OC(F)(F)F)c(Cl)cc3[nH]2)cc1. The van der Waals surface area contributed by atoms with Gasteiger partial charge in [-0.3, -0.25) is 0 Å². The molecule has 0 saturated heterocycles. The summed E-state index contributed by atoms with van der Waals surface area (Å²) in [5, 5.41) is 0.344. The highest BCUT2D eigenvalue weighted by atomic mass is 35.5. The summed E-state index contributed by atoms with van der Waals surface area (Å²) in [7, 11) is 0. The summed E-state index contributed by atoms with van der Waals surface area (Å²) >= 11 is 14.7. The van der Waals surface area contributed by atoms with E-state index >= 15 is 0 Å². The van der Waals surface area contributed by atoms with E-state index in [0.717, 1.165) is 10.5 Å². The number of aromatic nitrogens is 2. The third kappa shape index (κ3) is 4.79. The number of imidazole rings is 1. The minimum atomic E-state index is -4.84. The van der Waals surface area contributed by atoms with Crippen molar-refractivity contribution >= 4 is 46.0 Å². The molecular formula is C22H15Cl2F3N2OS. The summed E-state index contributed by atoms with van der Waals surface area (Å²) in [5.41, 5.74) is 2.46. The maximum Gasteiger partial charge on any atom is 0.573 e. The number of halogens is 5. The molecule has 0 bridgehead atoms. The van der Waals surface area contributed by atoms with E-state index in [1.807, 2.05) is 30.5 Å². The minimum absolute atomic E-state index is 0.133. The Balaban J connectivity index is 1.75. The Morgan fingerprint density at radius 2 is 1.77 bits per heavy atom. The number of hydrogen-bond acceptors (Lipinski definition) is 3. The van der Waals surface area contributed by atoms with Crippen LogP contribution in [0.4, 0.5) is 13.2 Å². The molecule has 160 valence electrons. The van der Waals surface area contributed by atoms with Gasteiger partial charge in [0.2, 0.25) is 0 Å². The molecule has 3 nitrogen and oxygen atoms in total. The van der Waals surface area contributed by atoms with Crippen molar-refractivity contribution in [1.29, 1.82) is 0 Å². The number of nitrogens with one attached hydrogen (secondary N) is 1. The zero-order chi connectivity index (χ0) is 22.2. The number of rotatable bonds is 5. The number of alkyl halides is 3. The van der Waals surface area contributed by atoms with Crippen LogP contribution in [0.1, 0.15) is 11.4 Å². The Morgan fingerprint density at radius 1 is 1.06 bits per heavy atom. The molecule has 4 aromatic rings. The zero-order valence-corrected chi connectivity index (χ0v) is 18.4. The summed E-state index contributed by atoms with van der Waals surface area (Å²) in [5.74, 6) is 0.282. The van der Waals surface area contributed by atoms with Crippen molar-refractivity contribution in [2.24, 2.45) is 0 Å². The van der Waals surface area contributed by atoms with Gasteiger partial charge in [0.15, 0.2) is 0 Å². The second kappa shape index (κ2) is 8.65. The molecule has 1 heterocycles. The zero-order valence-electron chi connectivity index (χ0n) is 16.1. The first-order valence-corrected chi connectivity index (χ1v) is 11.1. The van der Waals surface area contributed by atoms with Crippen LogP contribution in [-0.2, 0) is 6.42 Å². The molecule has 0 spiro atoms. The van der Waals surface area contributed by atoms with E-state index in [1.54, 1.807) is 23.9 Å². The first kappa shape index (κ1) is 21.9. The minimum Gasteiger partial charge on any atom is -0.405 e. The van der Waals surface area contributed by atoms with Crippen molar-refractivity contribution in [3.63, 3.8) is 0 Å². The van der Waals surface area contributed by atoms with Gasteiger partial charge in [-0.1, -0.05) is 53.5 Å². The van der Waals surface area contributed by atoms with Crippen LogP contribution in [0.5, 0.6) is 5.75 Å². The van der Waals surface area contributed by atoms with Gasteiger partial charge in [-0.2, -0.15) is 0 Å². The van der Waals surface area contributed by atoms with E-state index in [1.165, 1.54) is 18.2 Å². The average molecular weight is 483 g/mol. The summed E-state index contributed by atoms with van der Waals surface area (Å²) < 4.78 is 42.7. The van der Waals surface area contributed by atoms with Crippen LogP contribution in [0, 0.1) is 0 Å². The Labute approximate surface area is 190 Å². The smallest absolute Gasteiger partial charge is 0.405 e. The van der Waals surface area contributed by atoms with Crippen LogP contribution in [0.3, 0.4) is 0 Å². The summed E-state index contributed by atoms with van der Waals surface area (Å²) in [6, 6.07) is 15.4. The highest BCUT2D eigenvalue weighted by molar-refractivity contribution is 7.98. The van der Waals surface area contributed by atoms with Crippen LogP contribution in [0.2, 0.25) is 10.0 Å². The highest BCUT2D eigenvalue weighted by Crippen LogP contribution is 2.44. The molecular weight excluding hydrogens is 468 g/mol. The standard InChI is InChI=1S/C22H15Cl2F3N2OS/c1-31-13-8-6-12(7-9-13)10-18-28-16-11-15(23)19(20(24)21(16)29-18)14-4-2-3-5-17(14)30-22(25,26)27/h2-9,11H,10H2,1H3,(H,28,29). The van der Waals surface area contributed by atoms with Gasteiger partial charge in [-0.15, -0.1) is 24.9 Å². The molecule has 9 heteroatoms. The predicted octanol–water partition coefficient (Wildman–Crippen LogP) is 7.75. The van der Waals surface area contributed by atoms with Gasteiger partial charge in [-0.05, 0) is 36.1 Å². The van der Waals surface area contributed by atoms with E-state index in [0.29, 0.717) is 23.3 Å². The number of nitrogens with zero attached hydrogens (tertiary/aromatic N) is 1. The van der Waals surface area contributed by atoms with Gasteiger partial charge in [0.05, 0.1) is 15.6 Å². The molecule has 0 amide bonds. The van der Waals surface area contributed by atoms with E-state index in [9.17, 15) is 13.2 Å². The van der Waals surface area contributed by atoms with Crippen LogP contribution in [-0.4, -0.2) is 22.6 Å². The molecule has 0 aliphatic carbocycles. The van der Waals surface area contributed by atoms with Crippen molar-refractivity contribution < 1.29 is 17.9 Å². The lowest BCUT2D eigenvalue weighted by atomic mass is 10.0. The van der Waals surface area contributed by atoms with Crippen molar-refractivity contribution in [1.82, 2.24) is 9.97 Å². The van der Waals surface area contributed by atoms with E-state index in [2.05, 4.69) is 14.7 Å². The Bertz CT molecular complexity index is 1240. The fourth-order valence-corrected chi connectivity index (χ4v) is 4.40. The molecule has 1 N–H and O–H groups in total. The molecule has 0 radical (unpaired) electrons. The fourth-order valence-electron chi connectivity index (χ4n) is 3.29. The number of hydrogen-bond donors (Lipinski definition) is 1. The third-order valence-corrected chi connectivity index (χ3v) is 6.04. The molecule has 4 rings (SSSR count). The van der Waals surface area contributed by atoms with Gasteiger partial charge in [0.1, 0.15) is 17.1 Å². The number of H-pyrrole nitrogens is 1. The maximum atomic E-state index is 12.8. The monoisotopic (exact) mass is 482 g/mol. The lowest BCUT2D eigenvalue weighted by molar-refractivity contribution is -0.274. The largest absolute Gasteiger partial charge is 0.573 e. The van der Waals surface area contributed by atoms with Gasteiger partial charge >= 0.3 is 6.36 Å². The van der Waals surface area contributed by atoms with Gasteiger partial charge in [0, 0.05) is 22.4 Å². The lowest BCUT2D eigenvalue weighted by Crippen LogP contribution is -2.17. The van der Waals surface area contributed by atoms with Gasteiger partial charge in [-0.25, -0.2) is 4.98 Å².